The summed E-state index contributed by atoms with van der Waals surface area (Å²) in [6.07, 6.45) is 0.575. The molecule has 2 saturated heterocycles. The van der Waals surface area contributed by atoms with Crippen molar-refractivity contribution in [3.05, 3.63) is 101 Å². The maximum absolute atomic E-state index is 15.1. The van der Waals surface area contributed by atoms with Crippen molar-refractivity contribution >= 4 is 28.7 Å². The number of nitrogens with one attached hydrogen (secondary N) is 2. The van der Waals surface area contributed by atoms with Crippen LogP contribution in [0.15, 0.2) is 67.0 Å². The van der Waals surface area contributed by atoms with Crippen molar-refractivity contribution in [2.75, 3.05) is 70.8 Å². The number of anilines is 1. The smallest absolute Gasteiger partial charge is 0.407 e. The van der Waals surface area contributed by atoms with E-state index in [4.69, 9.17) is 0 Å². The van der Waals surface area contributed by atoms with Crippen LogP contribution in [0.5, 0.6) is 0 Å². The van der Waals surface area contributed by atoms with Crippen LogP contribution in [-0.2, 0) is 12.1 Å². The van der Waals surface area contributed by atoms with E-state index in [-0.39, 0.29) is 11.3 Å². The number of H-pyrrole nitrogens is 1. The Balaban J connectivity index is 0.993. The molecule has 4 heterocycles. The molecule has 2 fully saturated rings. The van der Waals surface area contributed by atoms with Crippen LogP contribution in [0.1, 0.15) is 40.9 Å². The van der Waals surface area contributed by atoms with Gasteiger partial charge in [-0.15, -0.1) is 0 Å². The van der Waals surface area contributed by atoms with Crippen molar-refractivity contribution in [1.82, 2.24) is 34.6 Å². The van der Waals surface area contributed by atoms with E-state index in [1.807, 2.05) is 6.07 Å². The molecule has 2 aliphatic heterocycles. The van der Waals surface area contributed by atoms with Gasteiger partial charge in [-0.3, -0.25) is 19.5 Å². The second-order valence-corrected chi connectivity index (χ2v) is 14.9. The molecule has 0 radical (unpaired) electrons. The Morgan fingerprint density at radius 2 is 1.51 bits per heavy atom. The summed E-state index contributed by atoms with van der Waals surface area (Å²) in [5.41, 5.74) is 4.06. The van der Waals surface area contributed by atoms with Gasteiger partial charge in [0.05, 0.1) is 16.9 Å². The van der Waals surface area contributed by atoms with Crippen molar-refractivity contribution in [3.8, 4) is 22.5 Å². The summed E-state index contributed by atoms with van der Waals surface area (Å²) in [6.45, 7) is 14.3. The lowest BCUT2D eigenvalue weighted by Crippen LogP contribution is -2.52. The molecule has 14 heteroatoms. The minimum atomic E-state index is -1.28. The molecule has 2 aromatic heterocycles. The summed E-state index contributed by atoms with van der Waals surface area (Å²) in [6, 6.07) is 16.8. The first-order valence-corrected chi connectivity index (χ1v) is 18.5. The predicted molar refractivity (Wildman–Crippen MR) is 207 cm³/mol. The maximum atomic E-state index is 15.1. The minimum absolute atomic E-state index is 0.179. The van der Waals surface area contributed by atoms with E-state index >= 15 is 4.39 Å². The number of carboxylic acid groups (broad SMARTS) is 1. The van der Waals surface area contributed by atoms with Crippen LogP contribution < -0.4 is 5.32 Å². The number of hydrogen-bond donors (Lipinski definition) is 4. The molecule has 288 valence electrons. The molecule has 4 N–H and O–H groups in total. The number of aromatic nitrogens is 3. The molecular formula is C41H46F2N8O4. The highest BCUT2D eigenvalue weighted by atomic mass is 19.1. The monoisotopic (exact) mass is 752 g/mol. The van der Waals surface area contributed by atoms with Gasteiger partial charge >= 0.3 is 6.09 Å². The zero-order chi connectivity index (χ0) is 38.9. The SMILES string of the molecule is Cc1c(NC(=O)c2ccc(C(C)(C)O)cc2F)cc(F)cc1-c1ncnc2[nH]c(-c3ccc(CN4CCN(CCN5CCN(C(=O)O)CC5)CC4)cc3)cc12. The first-order chi connectivity index (χ1) is 26.3. The summed E-state index contributed by atoms with van der Waals surface area (Å²) in [7, 11) is 0. The Bertz CT molecular complexity index is 2190. The molecular weight excluding hydrogens is 706 g/mol. The number of halogens is 2. The summed E-state index contributed by atoms with van der Waals surface area (Å²) < 4.78 is 30.0. The number of piperazine rings is 2. The lowest BCUT2D eigenvalue weighted by molar-refractivity contribution is 0.0780. The average molecular weight is 753 g/mol. The maximum Gasteiger partial charge on any atom is 0.407 e. The van der Waals surface area contributed by atoms with E-state index in [1.54, 1.807) is 6.92 Å². The highest BCUT2D eigenvalue weighted by Crippen LogP contribution is 2.35. The van der Waals surface area contributed by atoms with Crippen LogP contribution in [0.4, 0.5) is 19.3 Å². The van der Waals surface area contributed by atoms with Crippen molar-refractivity contribution < 1.29 is 28.6 Å². The summed E-state index contributed by atoms with van der Waals surface area (Å²) in [4.78, 5) is 45.4. The molecule has 12 nitrogen and oxygen atoms in total. The van der Waals surface area contributed by atoms with Gasteiger partial charge in [0.15, 0.2) is 0 Å². The number of aliphatic hydroxyl groups is 1. The first-order valence-electron chi connectivity index (χ1n) is 18.5. The van der Waals surface area contributed by atoms with Gasteiger partial charge in [0, 0.05) is 94.3 Å². The van der Waals surface area contributed by atoms with Crippen molar-refractivity contribution in [2.45, 2.75) is 32.9 Å². The Labute approximate surface area is 318 Å². The Kier molecular flexibility index (Phi) is 10.9. The molecule has 0 bridgehead atoms. The summed E-state index contributed by atoms with van der Waals surface area (Å²) >= 11 is 0. The van der Waals surface area contributed by atoms with Gasteiger partial charge in [0.2, 0.25) is 0 Å². The molecule has 0 saturated carbocycles. The fraction of sp³-hybridized carbons (Fsp3) is 0.366. The average Bonchev–Trinajstić information content (AvgIpc) is 3.61. The van der Waals surface area contributed by atoms with E-state index < -0.39 is 29.2 Å². The third-order valence-electron chi connectivity index (χ3n) is 10.7. The van der Waals surface area contributed by atoms with Crippen LogP contribution in [0.25, 0.3) is 33.5 Å². The zero-order valence-electron chi connectivity index (χ0n) is 31.3. The number of fused-ring (bicyclic) bond motifs is 1. The zero-order valence-corrected chi connectivity index (χ0v) is 31.3. The van der Waals surface area contributed by atoms with E-state index in [9.17, 15) is 24.2 Å². The number of amides is 2. The minimum Gasteiger partial charge on any atom is -0.465 e. The second kappa shape index (κ2) is 15.8. The number of benzene rings is 3. The third-order valence-corrected chi connectivity index (χ3v) is 10.7. The number of carbonyl (C=O) groups excluding carboxylic acids is 1. The van der Waals surface area contributed by atoms with Crippen LogP contribution in [0, 0.1) is 18.6 Å². The number of aromatic amines is 1. The number of hydrogen-bond acceptors (Lipinski definition) is 8. The first kappa shape index (κ1) is 38.0. The molecule has 7 rings (SSSR count). The van der Waals surface area contributed by atoms with E-state index in [2.05, 4.69) is 59.2 Å². The number of rotatable bonds is 10. The Hall–Kier alpha value is -5.28. The van der Waals surface area contributed by atoms with Gasteiger partial charge in [-0.05, 0) is 73.4 Å². The molecule has 0 aliphatic carbocycles. The van der Waals surface area contributed by atoms with Crippen molar-refractivity contribution in [3.63, 3.8) is 0 Å². The summed E-state index contributed by atoms with van der Waals surface area (Å²) in [5.74, 6) is -2.14. The molecule has 2 aliphatic rings. The predicted octanol–water partition coefficient (Wildman–Crippen LogP) is 5.77. The second-order valence-electron chi connectivity index (χ2n) is 14.9. The molecule has 0 unspecified atom stereocenters. The highest BCUT2D eigenvalue weighted by molar-refractivity contribution is 6.06. The van der Waals surface area contributed by atoms with Gasteiger partial charge < -0.3 is 25.4 Å². The largest absolute Gasteiger partial charge is 0.465 e. The van der Waals surface area contributed by atoms with E-state index in [1.165, 1.54) is 54.9 Å². The normalized spacial score (nSPS) is 16.1. The standard InChI is InChI=1S/C41H46F2N8O4/c1-26-32(21-30(42)22-35(26)47-39(52)31-9-8-29(20-34(31)43)41(2,3)55)37-33-23-36(46-38(33)45-25-44-37)28-6-4-27(5-7-28)24-50-14-12-48(13-15-50)10-11-49-16-18-51(19-17-49)40(53)54/h4-9,20-23,25,55H,10-19,24H2,1-3H3,(H,47,52)(H,53,54)(H,44,45,46). The lowest BCUT2D eigenvalue weighted by atomic mass is 9.96. The van der Waals surface area contributed by atoms with Crippen molar-refractivity contribution in [2.24, 2.45) is 0 Å². The topological polar surface area (TPSA) is 141 Å². The summed E-state index contributed by atoms with van der Waals surface area (Å²) in [5, 5.41) is 22.7. The van der Waals surface area contributed by atoms with Gasteiger partial charge in [-0.2, -0.15) is 0 Å². The fourth-order valence-corrected chi connectivity index (χ4v) is 7.30. The van der Waals surface area contributed by atoms with Crippen LogP contribution in [0.3, 0.4) is 0 Å². The van der Waals surface area contributed by atoms with Crippen LogP contribution in [0.2, 0.25) is 0 Å². The van der Waals surface area contributed by atoms with Crippen LogP contribution >= 0.6 is 0 Å². The molecule has 3 aromatic carbocycles. The fourth-order valence-electron chi connectivity index (χ4n) is 7.30. The van der Waals surface area contributed by atoms with E-state index in [0.29, 0.717) is 46.5 Å². The van der Waals surface area contributed by atoms with Crippen molar-refractivity contribution in [1.29, 1.82) is 0 Å². The molecule has 0 atom stereocenters. The number of carbonyl (C=O) groups is 2. The number of nitrogens with zero attached hydrogens (tertiary/aromatic N) is 6. The quantitative estimate of drug-likeness (QED) is 0.140. The van der Waals surface area contributed by atoms with Gasteiger partial charge in [0.1, 0.15) is 23.6 Å². The Morgan fingerprint density at radius 1 is 0.855 bits per heavy atom. The van der Waals surface area contributed by atoms with Gasteiger partial charge in [-0.1, -0.05) is 30.3 Å². The van der Waals surface area contributed by atoms with Gasteiger partial charge in [0.25, 0.3) is 5.91 Å². The van der Waals surface area contributed by atoms with E-state index in [0.717, 1.165) is 76.2 Å². The Morgan fingerprint density at radius 3 is 2.15 bits per heavy atom. The highest BCUT2D eigenvalue weighted by Gasteiger charge is 2.24. The molecule has 0 spiro atoms. The molecule has 2 amide bonds. The lowest BCUT2D eigenvalue weighted by Gasteiger charge is -2.37. The third kappa shape index (κ3) is 8.67. The van der Waals surface area contributed by atoms with Crippen LogP contribution in [-0.4, -0.2) is 122 Å². The molecule has 5 aromatic rings. The molecule has 55 heavy (non-hydrogen) atoms. The van der Waals surface area contributed by atoms with Gasteiger partial charge in [-0.25, -0.2) is 23.5 Å².